The van der Waals surface area contributed by atoms with Gasteiger partial charge in [0.25, 0.3) is 5.91 Å². The van der Waals surface area contributed by atoms with Crippen LogP contribution in [0, 0.1) is 13.8 Å². The molecular formula is C22H21Cl2N3O2. The Bertz CT molecular complexity index is 1030. The number of carbonyl (C=O) groups is 1. The summed E-state index contributed by atoms with van der Waals surface area (Å²) in [7, 11) is 1.49. The number of hydrazone groups is 1. The number of methoxy groups -OCH3 is 1. The Morgan fingerprint density at radius 3 is 2.38 bits per heavy atom. The molecule has 1 amide bonds. The maximum Gasteiger partial charge on any atom is 0.273 e. The molecule has 29 heavy (non-hydrogen) atoms. The first-order valence-electron chi connectivity index (χ1n) is 8.96. The summed E-state index contributed by atoms with van der Waals surface area (Å²) in [6.07, 6.45) is 0.884. The maximum absolute atomic E-state index is 12.4. The third-order valence-corrected chi connectivity index (χ3v) is 4.97. The van der Waals surface area contributed by atoms with Crippen LogP contribution >= 0.6 is 23.2 Å². The minimum atomic E-state index is -0.727. The fourth-order valence-electron chi connectivity index (χ4n) is 3.23. The van der Waals surface area contributed by atoms with E-state index in [1.807, 2.05) is 66.9 Å². The van der Waals surface area contributed by atoms with Crippen LogP contribution in [-0.4, -0.2) is 23.8 Å². The highest BCUT2D eigenvalue weighted by molar-refractivity contribution is 6.34. The first-order valence-corrected chi connectivity index (χ1v) is 9.72. The molecule has 3 rings (SSSR count). The molecule has 5 nitrogen and oxygen atoms in total. The summed E-state index contributed by atoms with van der Waals surface area (Å²) >= 11 is 12.3. The number of nitrogens with zero attached hydrogens (tertiary/aromatic N) is 2. The number of aryl methyl sites for hydroxylation is 1. The van der Waals surface area contributed by atoms with Gasteiger partial charge in [0.1, 0.15) is 0 Å². The fourth-order valence-corrected chi connectivity index (χ4v) is 3.74. The number of hydrogen-bond acceptors (Lipinski definition) is 3. The van der Waals surface area contributed by atoms with Gasteiger partial charge in [-0.2, -0.15) is 5.10 Å². The molecule has 0 aliphatic rings. The van der Waals surface area contributed by atoms with Crippen molar-refractivity contribution in [2.45, 2.75) is 20.0 Å². The molecule has 0 radical (unpaired) electrons. The van der Waals surface area contributed by atoms with Crippen molar-refractivity contribution in [1.82, 2.24) is 9.99 Å². The number of rotatable bonds is 6. The van der Waals surface area contributed by atoms with Crippen LogP contribution in [0.4, 0.5) is 0 Å². The molecular weight excluding hydrogens is 409 g/mol. The average Bonchev–Trinajstić information content (AvgIpc) is 2.96. The van der Waals surface area contributed by atoms with Gasteiger partial charge in [0, 0.05) is 39.8 Å². The van der Waals surface area contributed by atoms with Crippen molar-refractivity contribution in [3.8, 4) is 5.69 Å². The third-order valence-electron chi connectivity index (χ3n) is 4.53. The Morgan fingerprint density at radius 2 is 1.76 bits per heavy atom. The molecule has 0 unspecified atom stereocenters. The standard InChI is InChI=1S/C22H21Cl2N3O2/c1-14-9-17(15(2)27(14)20-11-18(23)10-19(24)12-20)13-25-26-22(28)21(29-3)16-7-5-4-6-8-16/h4-13,21H,1-3H3,(H,26,28)/b25-13-/t21-/m0/s1. The topological polar surface area (TPSA) is 55.6 Å². The van der Waals surface area contributed by atoms with Gasteiger partial charge in [-0.15, -0.1) is 0 Å². The quantitative estimate of drug-likeness (QED) is 0.430. The Hall–Kier alpha value is -2.60. The lowest BCUT2D eigenvalue weighted by atomic mass is 10.1. The first kappa shape index (κ1) is 21.1. The van der Waals surface area contributed by atoms with Gasteiger partial charge in [0.05, 0.1) is 6.21 Å². The second kappa shape index (κ2) is 9.27. The van der Waals surface area contributed by atoms with Crippen molar-refractivity contribution >= 4 is 35.3 Å². The van der Waals surface area contributed by atoms with Gasteiger partial charge in [0.15, 0.2) is 6.10 Å². The van der Waals surface area contributed by atoms with E-state index in [1.165, 1.54) is 7.11 Å². The van der Waals surface area contributed by atoms with E-state index in [4.69, 9.17) is 27.9 Å². The summed E-state index contributed by atoms with van der Waals surface area (Å²) in [4.78, 5) is 12.4. The number of benzene rings is 2. The lowest BCUT2D eigenvalue weighted by Crippen LogP contribution is -2.26. The Balaban J connectivity index is 1.79. The minimum Gasteiger partial charge on any atom is -0.367 e. The number of halogens is 2. The highest BCUT2D eigenvalue weighted by Gasteiger charge is 2.19. The summed E-state index contributed by atoms with van der Waals surface area (Å²) in [5.41, 5.74) is 6.99. The molecule has 0 spiro atoms. The molecule has 2 aromatic carbocycles. The normalized spacial score (nSPS) is 12.3. The van der Waals surface area contributed by atoms with E-state index in [1.54, 1.807) is 12.3 Å². The predicted octanol–water partition coefficient (Wildman–Crippen LogP) is 5.24. The number of aromatic nitrogens is 1. The summed E-state index contributed by atoms with van der Waals surface area (Å²) in [6.45, 7) is 3.95. The molecule has 0 aliphatic carbocycles. The SMILES string of the molecule is CO[C@H](C(=O)N/N=C\c1cc(C)n(-c2cc(Cl)cc(Cl)c2)c1C)c1ccccc1. The maximum atomic E-state index is 12.4. The number of ether oxygens (including phenoxy) is 1. The van der Waals surface area contributed by atoms with Crippen LogP contribution in [0.15, 0.2) is 59.7 Å². The van der Waals surface area contributed by atoms with Crippen LogP contribution in [0.25, 0.3) is 5.69 Å². The third kappa shape index (κ3) is 4.88. The Morgan fingerprint density at radius 1 is 1.10 bits per heavy atom. The van der Waals surface area contributed by atoms with E-state index in [0.717, 1.165) is 28.2 Å². The molecule has 0 saturated carbocycles. The van der Waals surface area contributed by atoms with Gasteiger partial charge >= 0.3 is 0 Å². The summed E-state index contributed by atoms with van der Waals surface area (Å²) < 4.78 is 7.34. The zero-order valence-electron chi connectivity index (χ0n) is 16.3. The van der Waals surface area contributed by atoms with Gasteiger partial charge in [0.2, 0.25) is 0 Å². The van der Waals surface area contributed by atoms with Crippen LogP contribution in [0.1, 0.15) is 28.6 Å². The molecule has 0 fully saturated rings. The minimum absolute atomic E-state index is 0.342. The molecule has 1 N–H and O–H groups in total. The molecule has 1 atom stereocenters. The van der Waals surface area contributed by atoms with Gasteiger partial charge in [-0.1, -0.05) is 53.5 Å². The number of carbonyl (C=O) groups excluding carboxylic acids is 1. The lowest BCUT2D eigenvalue weighted by molar-refractivity contribution is -0.131. The smallest absolute Gasteiger partial charge is 0.273 e. The second-order valence-electron chi connectivity index (χ2n) is 6.55. The van der Waals surface area contributed by atoms with E-state index in [2.05, 4.69) is 10.5 Å². The fraction of sp³-hybridized carbons (Fsp3) is 0.182. The highest BCUT2D eigenvalue weighted by Crippen LogP contribution is 2.26. The van der Waals surface area contributed by atoms with E-state index >= 15 is 0 Å². The van der Waals surface area contributed by atoms with Crippen molar-refractivity contribution in [3.05, 3.63) is 87.2 Å². The van der Waals surface area contributed by atoms with Gasteiger partial charge in [-0.3, -0.25) is 4.79 Å². The van der Waals surface area contributed by atoms with Crippen LogP contribution in [0.5, 0.6) is 0 Å². The molecule has 1 heterocycles. The zero-order chi connectivity index (χ0) is 21.0. The van der Waals surface area contributed by atoms with Crippen LogP contribution < -0.4 is 5.43 Å². The molecule has 7 heteroatoms. The monoisotopic (exact) mass is 429 g/mol. The average molecular weight is 430 g/mol. The summed E-state index contributed by atoms with van der Waals surface area (Å²) in [5, 5.41) is 5.24. The second-order valence-corrected chi connectivity index (χ2v) is 7.42. The highest BCUT2D eigenvalue weighted by atomic mass is 35.5. The van der Waals surface area contributed by atoms with Crippen molar-refractivity contribution < 1.29 is 9.53 Å². The number of amides is 1. The van der Waals surface area contributed by atoms with Crippen molar-refractivity contribution in [3.63, 3.8) is 0 Å². The van der Waals surface area contributed by atoms with Crippen LogP contribution in [0.3, 0.4) is 0 Å². The number of nitrogens with one attached hydrogen (secondary N) is 1. The first-order chi connectivity index (χ1) is 13.9. The van der Waals surface area contributed by atoms with Gasteiger partial charge in [-0.25, -0.2) is 5.43 Å². The largest absolute Gasteiger partial charge is 0.367 e. The van der Waals surface area contributed by atoms with Crippen molar-refractivity contribution in [2.24, 2.45) is 5.10 Å². The van der Waals surface area contributed by atoms with Gasteiger partial charge in [-0.05, 0) is 43.7 Å². The molecule has 0 bridgehead atoms. The van der Waals surface area contributed by atoms with Gasteiger partial charge < -0.3 is 9.30 Å². The predicted molar refractivity (Wildman–Crippen MR) is 117 cm³/mol. The summed E-state index contributed by atoms with van der Waals surface area (Å²) in [6, 6.07) is 16.6. The number of hydrogen-bond donors (Lipinski definition) is 1. The van der Waals surface area contributed by atoms with Crippen molar-refractivity contribution in [2.75, 3.05) is 7.11 Å². The van der Waals surface area contributed by atoms with E-state index in [9.17, 15) is 4.79 Å². The van der Waals surface area contributed by atoms with E-state index < -0.39 is 6.10 Å². The van der Waals surface area contributed by atoms with E-state index in [0.29, 0.717) is 10.0 Å². The van der Waals surface area contributed by atoms with Crippen LogP contribution in [-0.2, 0) is 9.53 Å². The Kier molecular flexibility index (Phi) is 6.75. The zero-order valence-corrected chi connectivity index (χ0v) is 17.8. The van der Waals surface area contributed by atoms with Crippen molar-refractivity contribution in [1.29, 1.82) is 0 Å². The van der Waals surface area contributed by atoms with Crippen LogP contribution in [0.2, 0.25) is 10.0 Å². The van der Waals surface area contributed by atoms with E-state index in [-0.39, 0.29) is 5.91 Å². The molecule has 150 valence electrons. The lowest BCUT2D eigenvalue weighted by Gasteiger charge is -2.13. The Labute approximate surface area is 179 Å². The molecule has 1 aromatic heterocycles. The molecule has 0 saturated heterocycles. The molecule has 3 aromatic rings. The summed E-state index contributed by atoms with van der Waals surface area (Å²) in [5.74, 6) is -0.342. The molecule has 0 aliphatic heterocycles.